The molecule has 0 aliphatic heterocycles. The van der Waals surface area contributed by atoms with Gasteiger partial charge in [-0.05, 0) is 13.0 Å². The Bertz CT molecular complexity index is 109. The van der Waals surface area contributed by atoms with Gasteiger partial charge in [0.05, 0.1) is 12.7 Å². The Morgan fingerprint density at radius 2 is 2.00 bits per heavy atom. The maximum atomic E-state index is 9.40. The number of rotatable bonds is 10. The molecule has 0 saturated heterocycles. The molecule has 3 nitrogen and oxygen atoms in total. The summed E-state index contributed by atoms with van der Waals surface area (Å²) in [5.41, 5.74) is 0. The Balaban J connectivity index is 3.02. The van der Waals surface area contributed by atoms with E-state index in [0.717, 1.165) is 19.6 Å². The van der Waals surface area contributed by atoms with Crippen molar-refractivity contribution in [3.63, 3.8) is 0 Å². The van der Waals surface area contributed by atoms with Gasteiger partial charge in [-0.15, -0.1) is 0 Å². The SMILES string of the molecule is CCCCCCOCC(O)CNCC. The van der Waals surface area contributed by atoms with E-state index in [1.165, 1.54) is 19.3 Å². The van der Waals surface area contributed by atoms with Gasteiger partial charge in [-0.1, -0.05) is 33.1 Å². The van der Waals surface area contributed by atoms with Crippen LogP contribution >= 0.6 is 0 Å². The summed E-state index contributed by atoms with van der Waals surface area (Å²) in [6.45, 7) is 6.99. The molecule has 86 valence electrons. The Morgan fingerprint density at radius 3 is 2.64 bits per heavy atom. The van der Waals surface area contributed by atoms with Gasteiger partial charge in [0.15, 0.2) is 0 Å². The summed E-state index contributed by atoms with van der Waals surface area (Å²) in [6.07, 6.45) is 4.52. The zero-order chi connectivity index (χ0) is 10.6. The van der Waals surface area contributed by atoms with Crippen molar-refractivity contribution < 1.29 is 9.84 Å². The quantitative estimate of drug-likeness (QED) is 0.529. The minimum absolute atomic E-state index is 0.360. The molecule has 0 aromatic heterocycles. The Kier molecular flexibility index (Phi) is 10.9. The first kappa shape index (κ1) is 13.9. The lowest BCUT2D eigenvalue weighted by Gasteiger charge is -2.11. The molecule has 0 bridgehead atoms. The van der Waals surface area contributed by atoms with Gasteiger partial charge in [0.1, 0.15) is 0 Å². The van der Waals surface area contributed by atoms with Crippen LogP contribution in [0.15, 0.2) is 0 Å². The zero-order valence-corrected chi connectivity index (χ0v) is 9.59. The maximum Gasteiger partial charge on any atom is 0.0897 e. The number of hydrogen-bond acceptors (Lipinski definition) is 3. The van der Waals surface area contributed by atoms with Crippen LogP contribution < -0.4 is 5.32 Å². The lowest BCUT2D eigenvalue weighted by Crippen LogP contribution is -2.30. The average molecular weight is 203 g/mol. The van der Waals surface area contributed by atoms with Crippen molar-refractivity contribution in [1.82, 2.24) is 5.32 Å². The number of ether oxygens (including phenoxy) is 1. The predicted molar refractivity (Wildman–Crippen MR) is 59.5 cm³/mol. The predicted octanol–water partition coefficient (Wildman–Crippen LogP) is 1.55. The molecule has 0 aromatic rings. The van der Waals surface area contributed by atoms with E-state index in [2.05, 4.69) is 12.2 Å². The van der Waals surface area contributed by atoms with Crippen molar-refractivity contribution >= 4 is 0 Å². The fourth-order valence-corrected chi connectivity index (χ4v) is 1.22. The lowest BCUT2D eigenvalue weighted by atomic mass is 10.2. The summed E-state index contributed by atoms with van der Waals surface area (Å²) in [7, 11) is 0. The van der Waals surface area contributed by atoms with E-state index in [1.54, 1.807) is 0 Å². The van der Waals surface area contributed by atoms with Crippen LogP contribution in [-0.4, -0.2) is 37.5 Å². The highest BCUT2D eigenvalue weighted by molar-refractivity contribution is 4.56. The number of hydrogen-bond donors (Lipinski definition) is 2. The van der Waals surface area contributed by atoms with Crippen LogP contribution in [0.1, 0.15) is 39.5 Å². The maximum absolute atomic E-state index is 9.40. The molecule has 3 heteroatoms. The highest BCUT2D eigenvalue weighted by Gasteiger charge is 2.01. The molecule has 1 unspecified atom stereocenters. The van der Waals surface area contributed by atoms with Crippen LogP contribution in [0.2, 0.25) is 0 Å². The number of unbranched alkanes of at least 4 members (excludes halogenated alkanes) is 3. The number of aliphatic hydroxyl groups excluding tert-OH is 1. The van der Waals surface area contributed by atoms with Crippen molar-refractivity contribution in [3.8, 4) is 0 Å². The van der Waals surface area contributed by atoms with Gasteiger partial charge in [-0.3, -0.25) is 0 Å². The second kappa shape index (κ2) is 11.0. The molecule has 0 radical (unpaired) electrons. The van der Waals surface area contributed by atoms with Crippen LogP contribution in [0, 0.1) is 0 Å². The molecule has 0 saturated carbocycles. The van der Waals surface area contributed by atoms with E-state index in [9.17, 15) is 5.11 Å². The van der Waals surface area contributed by atoms with Gasteiger partial charge in [0.25, 0.3) is 0 Å². The molecule has 2 N–H and O–H groups in total. The van der Waals surface area contributed by atoms with Gasteiger partial charge < -0.3 is 15.2 Å². The van der Waals surface area contributed by atoms with Gasteiger partial charge >= 0.3 is 0 Å². The van der Waals surface area contributed by atoms with Crippen molar-refractivity contribution in [2.24, 2.45) is 0 Å². The minimum atomic E-state index is -0.360. The number of likely N-dealkylation sites (N-methyl/N-ethyl adjacent to an activating group) is 1. The normalized spacial score (nSPS) is 13.1. The largest absolute Gasteiger partial charge is 0.389 e. The lowest BCUT2D eigenvalue weighted by molar-refractivity contribution is 0.0357. The van der Waals surface area contributed by atoms with Crippen LogP contribution in [-0.2, 0) is 4.74 Å². The van der Waals surface area contributed by atoms with E-state index in [1.807, 2.05) is 6.92 Å². The molecule has 1 atom stereocenters. The number of aliphatic hydroxyl groups is 1. The van der Waals surface area contributed by atoms with E-state index in [-0.39, 0.29) is 6.10 Å². The zero-order valence-electron chi connectivity index (χ0n) is 9.59. The van der Waals surface area contributed by atoms with Crippen molar-refractivity contribution in [3.05, 3.63) is 0 Å². The summed E-state index contributed by atoms with van der Waals surface area (Å²) in [4.78, 5) is 0. The van der Waals surface area contributed by atoms with E-state index < -0.39 is 0 Å². The first-order chi connectivity index (χ1) is 6.81. The molecule has 14 heavy (non-hydrogen) atoms. The highest BCUT2D eigenvalue weighted by atomic mass is 16.5. The second-order valence-electron chi connectivity index (χ2n) is 3.60. The summed E-state index contributed by atoms with van der Waals surface area (Å²) in [5, 5.41) is 12.5. The van der Waals surface area contributed by atoms with Gasteiger partial charge in [0, 0.05) is 13.2 Å². The molecule has 0 amide bonds. The average Bonchev–Trinajstić information content (AvgIpc) is 2.20. The van der Waals surface area contributed by atoms with E-state index in [0.29, 0.717) is 13.2 Å². The third-order valence-corrected chi connectivity index (χ3v) is 2.08. The summed E-state index contributed by atoms with van der Waals surface area (Å²) >= 11 is 0. The van der Waals surface area contributed by atoms with Gasteiger partial charge in [-0.2, -0.15) is 0 Å². The monoisotopic (exact) mass is 203 g/mol. The van der Waals surface area contributed by atoms with Crippen LogP contribution in [0.4, 0.5) is 0 Å². The van der Waals surface area contributed by atoms with Crippen molar-refractivity contribution in [2.75, 3.05) is 26.3 Å². The van der Waals surface area contributed by atoms with Crippen LogP contribution in [0.3, 0.4) is 0 Å². The van der Waals surface area contributed by atoms with E-state index in [4.69, 9.17) is 4.74 Å². The summed E-state index contributed by atoms with van der Waals surface area (Å²) < 4.78 is 5.35. The topological polar surface area (TPSA) is 41.5 Å². The molecule has 0 aromatic carbocycles. The smallest absolute Gasteiger partial charge is 0.0897 e. The van der Waals surface area contributed by atoms with Crippen LogP contribution in [0.25, 0.3) is 0 Å². The molecular formula is C11H25NO2. The minimum Gasteiger partial charge on any atom is -0.389 e. The first-order valence-corrected chi connectivity index (χ1v) is 5.77. The molecule has 0 spiro atoms. The fraction of sp³-hybridized carbons (Fsp3) is 1.00. The fourth-order valence-electron chi connectivity index (χ4n) is 1.22. The molecule has 0 fully saturated rings. The Labute approximate surface area is 87.8 Å². The van der Waals surface area contributed by atoms with E-state index >= 15 is 0 Å². The van der Waals surface area contributed by atoms with Crippen molar-refractivity contribution in [2.45, 2.75) is 45.6 Å². The number of nitrogens with one attached hydrogen (secondary N) is 1. The summed E-state index contributed by atoms with van der Waals surface area (Å²) in [5.74, 6) is 0. The third kappa shape index (κ3) is 9.96. The second-order valence-corrected chi connectivity index (χ2v) is 3.60. The first-order valence-electron chi connectivity index (χ1n) is 5.77. The standard InChI is InChI=1S/C11H25NO2/c1-3-5-6-7-8-14-10-11(13)9-12-4-2/h11-13H,3-10H2,1-2H3. The van der Waals surface area contributed by atoms with Gasteiger partial charge in [-0.25, -0.2) is 0 Å². The highest BCUT2D eigenvalue weighted by Crippen LogP contribution is 1.99. The summed E-state index contributed by atoms with van der Waals surface area (Å²) in [6, 6.07) is 0. The van der Waals surface area contributed by atoms with Crippen molar-refractivity contribution in [1.29, 1.82) is 0 Å². The Morgan fingerprint density at radius 1 is 1.21 bits per heavy atom. The molecule has 0 heterocycles. The molecule has 0 rings (SSSR count). The molecule has 0 aliphatic carbocycles. The Hall–Kier alpha value is -0.120. The van der Waals surface area contributed by atoms with Gasteiger partial charge in [0.2, 0.25) is 0 Å². The molecular weight excluding hydrogens is 178 g/mol. The van der Waals surface area contributed by atoms with Crippen LogP contribution in [0.5, 0.6) is 0 Å². The molecule has 0 aliphatic rings. The third-order valence-electron chi connectivity index (χ3n) is 2.08.